The van der Waals surface area contributed by atoms with Gasteiger partial charge in [0.1, 0.15) is 0 Å². The lowest BCUT2D eigenvalue weighted by atomic mass is 10.1. The van der Waals surface area contributed by atoms with Crippen LogP contribution in [0.5, 0.6) is 0 Å². The Morgan fingerprint density at radius 3 is 2.11 bits per heavy atom. The zero-order valence-electron chi connectivity index (χ0n) is 12.9. The molecule has 106 valence electrons. The molecule has 2 nitrogen and oxygen atoms in total. The van der Waals surface area contributed by atoms with Crippen molar-refractivity contribution in [2.24, 2.45) is 0 Å². The number of unbranched alkanes of at least 4 members (excludes halogenated alkanes) is 1. The maximum Gasteiger partial charge on any atom is 0.0155 e. The van der Waals surface area contributed by atoms with Crippen LogP contribution in [0.25, 0.3) is 0 Å². The summed E-state index contributed by atoms with van der Waals surface area (Å²) < 4.78 is 0. The van der Waals surface area contributed by atoms with Crippen LogP contribution in [0, 0.1) is 0 Å². The summed E-state index contributed by atoms with van der Waals surface area (Å²) in [7, 11) is 0. The normalized spacial score (nSPS) is 11.3. The zero-order valence-corrected chi connectivity index (χ0v) is 12.9. The van der Waals surface area contributed by atoms with E-state index in [9.17, 15) is 0 Å². The summed E-state index contributed by atoms with van der Waals surface area (Å²) in [5.41, 5.74) is 2.67. The second kappa shape index (κ2) is 9.21. The van der Waals surface area contributed by atoms with Crippen LogP contribution in [0.4, 0.5) is 0 Å². The Bertz CT molecular complexity index is 248. The first kappa shape index (κ1) is 17.2. The molecule has 0 aromatic rings. The predicted octanol–water partition coefficient (Wildman–Crippen LogP) is 4.00. The van der Waals surface area contributed by atoms with Crippen LogP contribution in [0.15, 0.2) is 24.4 Å². The lowest BCUT2D eigenvalue weighted by molar-refractivity contribution is 0.420. The highest BCUT2D eigenvalue weighted by Gasteiger charge is 2.06. The van der Waals surface area contributed by atoms with Gasteiger partial charge in [-0.1, -0.05) is 12.2 Å². The van der Waals surface area contributed by atoms with Crippen molar-refractivity contribution in [2.45, 2.75) is 65.3 Å². The fraction of sp³-hybridized carbons (Fsp3) is 0.750. The molecule has 0 aliphatic rings. The van der Waals surface area contributed by atoms with Gasteiger partial charge in [-0.15, -0.1) is 6.58 Å². The van der Waals surface area contributed by atoms with Crippen molar-refractivity contribution in [3.05, 3.63) is 24.4 Å². The molecular weight excluding hydrogens is 220 g/mol. The summed E-state index contributed by atoms with van der Waals surface area (Å²) in [6.07, 6.45) is 5.80. The molecule has 0 heterocycles. The lowest BCUT2D eigenvalue weighted by Gasteiger charge is -2.20. The SMILES string of the molecule is C=C(C)CCCCC(=C)NCCCNC(C)(C)C. The lowest BCUT2D eigenvalue weighted by Crippen LogP contribution is -2.37. The first-order chi connectivity index (χ1) is 8.31. The molecule has 0 aromatic carbocycles. The van der Waals surface area contributed by atoms with Gasteiger partial charge in [-0.3, -0.25) is 0 Å². The van der Waals surface area contributed by atoms with Gasteiger partial charge in [0.15, 0.2) is 0 Å². The Morgan fingerprint density at radius 2 is 1.56 bits per heavy atom. The zero-order chi connectivity index (χ0) is 14.0. The molecule has 0 unspecified atom stereocenters. The monoisotopic (exact) mass is 252 g/mol. The van der Waals surface area contributed by atoms with E-state index < -0.39 is 0 Å². The maximum atomic E-state index is 4.06. The Morgan fingerprint density at radius 1 is 0.944 bits per heavy atom. The molecule has 0 spiro atoms. The highest BCUT2D eigenvalue weighted by molar-refractivity contribution is 4.92. The standard InChI is InChI=1S/C16H32N2/c1-14(2)10-7-8-11-15(3)17-12-9-13-18-16(4,5)6/h17-18H,1,3,7-13H2,2,4-6H3. The minimum absolute atomic E-state index is 0.222. The topological polar surface area (TPSA) is 24.1 Å². The van der Waals surface area contributed by atoms with E-state index in [0.717, 1.165) is 32.4 Å². The smallest absolute Gasteiger partial charge is 0.0155 e. The molecule has 0 saturated heterocycles. The third kappa shape index (κ3) is 13.3. The molecule has 2 N–H and O–H groups in total. The van der Waals surface area contributed by atoms with Crippen molar-refractivity contribution >= 4 is 0 Å². The second-order valence-corrected chi connectivity index (χ2v) is 6.22. The largest absolute Gasteiger partial charge is 0.389 e. The molecule has 18 heavy (non-hydrogen) atoms. The third-order valence-electron chi connectivity index (χ3n) is 2.72. The van der Waals surface area contributed by atoms with Crippen molar-refractivity contribution in [3.63, 3.8) is 0 Å². The van der Waals surface area contributed by atoms with E-state index in [1.165, 1.54) is 24.1 Å². The molecule has 0 aromatic heterocycles. The molecule has 0 rings (SSSR count). The summed E-state index contributed by atoms with van der Waals surface area (Å²) in [4.78, 5) is 0. The molecule has 0 amide bonds. The number of hydrogen-bond donors (Lipinski definition) is 2. The molecule has 0 aliphatic carbocycles. The molecule has 0 radical (unpaired) electrons. The van der Waals surface area contributed by atoms with Gasteiger partial charge >= 0.3 is 0 Å². The quantitative estimate of drug-likeness (QED) is 0.453. The molecule has 0 aliphatic heterocycles. The highest BCUT2D eigenvalue weighted by atomic mass is 14.9. The van der Waals surface area contributed by atoms with E-state index >= 15 is 0 Å². The summed E-state index contributed by atoms with van der Waals surface area (Å²) in [5, 5.41) is 6.88. The van der Waals surface area contributed by atoms with Gasteiger partial charge in [0, 0.05) is 17.8 Å². The Kier molecular flexibility index (Phi) is 8.82. The van der Waals surface area contributed by atoms with Crippen LogP contribution < -0.4 is 10.6 Å². The summed E-state index contributed by atoms with van der Waals surface area (Å²) in [6.45, 7) is 18.7. The maximum absolute atomic E-state index is 4.06. The Labute approximate surface area is 114 Å². The Hall–Kier alpha value is -0.760. The fourth-order valence-electron chi connectivity index (χ4n) is 1.67. The Balaban J connectivity index is 3.35. The van der Waals surface area contributed by atoms with Crippen molar-refractivity contribution in [1.82, 2.24) is 10.6 Å². The number of rotatable bonds is 10. The van der Waals surface area contributed by atoms with Crippen LogP contribution in [-0.4, -0.2) is 18.6 Å². The summed E-state index contributed by atoms with van der Waals surface area (Å²) in [5.74, 6) is 0. The van der Waals surface area contributed by atoms with Gasteiger partial charge in [-0.05, 0) is 66.3 Å². The van der Waals surface area contributed by atoms with Crippen LogP contribution >= 0.6 is 0 Å². The van der Waals surface area contributed by atoms with E-state index in [0.29, 0.717) is 0 Å². The first-order valence-corrected chi connectivity index (χ1v) is 7.12. The molecular formula is C16H32N2. The fourth-order valence-corrected chi connectivity index (χ4v) is 1.67. The van der Waals surface area contributed by atoms with Crippen LogP contribution in [0.1, 0.15) is 59.8 Å². The van der Waals surface area contributed by atoms with E-state index in [-0.39, 0.29) is 5.54 Å². The number of allylic oxidation sites excluding steroid dienone is 2. The number of hydrogen-bond acceptors (Lipinski definition) is 2. The third-order valence-corrected chi connectivity index (χ3v) is 2.72. The van der Waals surface area contributed by atoms with E-state index in [1.54, 1.807) is 0 Å². The average molecular weight is 252 g/mol. The minimum atomic E-state index is 0.222. The van der Waals surface area contributed by atoms with E-state index in [4.69, 9.17) is 0 Å². The van der Waals surface area contributed by atoms with Crippen molar-refractivity contribution in [1.29, 1.82) is 0 Å². The van der Waals surface area contributed by atoms with Gasteiger partial charge in [0.25, 0.3) is 0 Å². The molecule has 0 fully saturated rings. The first-order valence-electron chi connectivity index (χ1n) is 7.12. The molecule has 2 heteroatoms. The minimum Gasteiger partial charge on any atom is -0.389 e. The highest BCUT2D eigenvalue weighted by Crippen LogP contribution is 2.08. The van der Waals surface area contributed by atoms with Gasteiger partial charge in [-0.2, -0.15) is 0 Å². The van der Waals surface area contributed by atoms with Gasteiger partial charge in [0.2, 0.25) is 0 Å². The second-order valence-electron chi connectivity index (χ2n) is 6.22. The molecule has 0 bridgehead atoms. The van der Waals surface area contributed by atoms with Crippen molar-refractivity contribution in [3.8, 4) is 0 Å². The van der Waals surface area contributed by atoms with Crippen LogP contribution in [0.2, 0.25) is 0 Å². The van der Waals surface area contributed by atoms with Crippen molar-refractivity contribution in [2.75, 3.05) is 13.1 Å². The van der Waals surface area contributed by atoms with E-state index in [2.05, 4.69) is 51.5 Å². The van der Waals surface area contributed by atoms with Gasteiger partial charge in [0.05, 0.1) is 0 Å². The molecule has 0 saturated carbocycles. The van der Waals surface area contributed by atoms with Crippen LogP contribution in [0.3, 0.4) is 0 Å². The van der Waals surface area contributed by atoms with E-state index in [1.807, 2.05) is 0 Å². The predicted molar refractivity (Wildman–Crippen MR) is 82.8 cm³/mol. The van der Waals surface area contributed by atoms with Crippen LogP contribution in [-0.2, 0) is 0 Å². The molecule has 0 atom stereocenters. The van der Waals surface area contributed by atoms with Crippen molar-refractivity contribution < 1.29 is 0 Å². The van der Waals surface area contributed by atoms with Gasteiger partial charge < -0.3 is 10.6 Å². The summed E-state index contributed by atoms with van der Waals surface area (Å²) >= 11 is 0. The van der Waals surface area contributed by atoms with Gasteiger partial charge in [-0.25, -0.2) is 0 Å². The summed E-state index contributed by atoms with van der Waals surface area (Å²) in [6, 6.07) is 0. The number of nitrogens with one attached hydrogen (secondary N) is 2. The average Bonchev–Trinajstić information content (AvgIpc) is 2.22.